The first-order valence-corrected chi connectivity index (χ1v) is 8.05. The lowest BCUT2D eigenvalue weighted by Gasteiger charge is -2.28. The van der Waals surface area contributed by atoms with Gasteiger partial charge in [-0.05, 0) is 48.1 Å². The molecule has 0 amide bonds. The van der Waals surface area contributed by atoms with E-state index in [1.807, 2.05) is 0 Å². The molecule has 2 aliphatic rings. The summed E-state index contributed by atoms with van der Waals surface area (Å²) >= 11 is 1.77. The number of ketones is 1. The van der Waals surface area contributed by atoms with Crippen molar-refractivity contribution in [3.8, 4) is 0 Å². The molecule has 18 heavy (non-hydrogen) atoms. The number of hydrogen-bond acceptors (Lipinski definition) is 3. The Hall–Kier alpha value is -0.670. The predicted molar refractivity (Wildman–Crippen MR) is 74.7 cm³/mol. The Bertz CT molecular complexity index is 397. The number of rotatable bonds is 5. The highest BCUT2D eigenvalue weighted by Gasteiger charge is 2.33. The Labute approximate surface area is 113 Å². The second-order valence-electron chi connectivity index (χ2n) is 5.70. The van der Waals surface area contributed by atoms with Crippen molar-refractivity contribution in [3.63, 3.8) is 0 Å². The van der Waals surface area contributed by atoms with Crippen molar-refractivity contribution >= 4 is 17.1 Å². The van der Waals surface area contributed by atoms with Gasteiger partial charge in [0.25, 0.3) is 0 Å². The Balaban J connectivity index is 1.61. The van der Waals surface area contributed by atoms with Gasteiger partial charge in [-0.1, -0.05) is 6.42 Å². The first-order chi connectivity index (χ1) is 8.83. The van der Waals surface area contributed by atoms with Crippen LogP contribution in [0.5, 0.6) is 0 Å². The van der Waals surface area contributed by atoms with Crippen molar-refractivity contribution in [1.82, 2.24) is 4.90 Å². The van der Waals surface area contributed by atoms with Crippen LogP contribution in [-0.4, -0.2) is 23.3 Å². The summed E-state index contributed by atoms with van der Waals surface area (Å²) in [6, 6.07) is 2.96. The third-order valence-electron chi connectivity index (χ3n) is 4.17. The molecule has 1 aromatic heterocycles. The van der Waals surface area contributed by atoms with Crippen LogP contribution in [0.4, 0.5) is 0 Å². The smallest absolute Gasteiger partial charge is 0.137 e. The molecule has 2 nitrogen and oxygen atoms in total. The SMILES string of the molecule is O=C1CCCCC1CN(Cc1ccsc1)C1CC1. The van der Waals surface area contributed by atoms with Gasteiger partial charge >= 0.3 is 0 Å². The molecular formula is C15H21NOS. The highest BCUT2D eigenvalue weighted by Crippen LogP contribution is 2.31. The summed E-state index contributed by atoms with van der Waals surface area (Å²) in [5.74, 6) is 0.829. The topological polar surface area (TPSA) is 20.3 Å². The first kappa shape index (κ1) is 12.4. The minimum absolute atomic E-state index is 0.318. The van der Waals surface area contributed by atoms with Gasteiger partial charge in [0, 0.05) is 31.5 Å². The summed E-state index contributed by atoms with van der Waals surface area (Å²) in [6.07, 6.45) is 6.94. The molecule has 1 heterocycles. The minimum Gasteiger partial charge on any atom is -0.299 e. The molecule has 1 aromatic rings. The zero-order valence-electron chi connectivity index (χ0n) is 10.8. The van der Waals surface area contributed by atoms with Crippen LogP contribution in [0.25, 0.3) is 0 Å². The van der Waals surface area contributed by atoms with Crippen LogP contribution in [0.3, 0.4) is 0 Å². The van der Waals surface area contributed by atoms with E-state index in [9.17, 15) is 4.79 Å². The molecule has 2 aliphatic carbocycles. The lowest BCUT2D eigenvalue weighted by molar-refractivity contribution is -0.125. The van der Waals surface area contributed by atoms with Crippen molar-refractivity contribution < 1.29 is 4.79 Å². The van der Waals surface area contributed by atoms with Crippen LogP contribution in [0.2, 0.25) is 0 Å². The summed E-state index contributed by atoms with van der Waals surface area (Å²) < 4.78 is 0. The molecule has 0 radical (unpaired) electrons. The summed E-state index contributed by atoms with van der Waals surface area (Å²) in [5, 5.41) is 4.38. The van der Waals surface area contributed by atoms with Crippen molar-refractivity contribution in [2.24, 2.45) is 5.92 Å². The quantitative estimate of drug-likeness (QED) is 0.810. The fourth-order valence-electron chi connectivity index (χ4n) is 2.93. The fourth-order valence-corrected chi connectivity index (χ4v) is 3.59. The summed E-state index contributed by atoms with van der Waals surface area (Å²) in [4.78, 5) is 14.5. The van der Waals surface area contributed by atoms with E-state index in [1.165, 1.54) is 24.8 Å². The highest BCUT2D eigenvalue weighted by atomic mass is 32.1. The summed E-state index contributed by atoms with van der Waals surface area (Å²) in [7, 11) is 0. The molecule has 0 saturated heterocycles. The Morgan fingerprint density at radius 2 is 2.17 bits per heavy atom. The third-order valence-corrected chi connectivity index (χ3v) is 4.90. The third kappa shape index (κ3) is 3.01. The van der Waals surface area contributed by atoms with E-state index in [4.69, 9.17) is 0 Å². The molecule has 0 bridgehead atoms. The second kappa shape index (κ2) is 5.54. The van der Waals surface area contributed by atoms with Gasteiger partial charge in [0.05, 0.1) is 0 Å². The molecule has 3 rings (SSSR count). The number of Topliss-reactive ketones (excluding diaryl/α,β-unsaturated/α-hetero) is 1. The lowest BCUT2D eigenvalue weighted by atomic mass is 9.87. The van der Waals surface area contributed by atoms with Gasteiger partial charge in [-0.2, -0.15) is 11.3 Å². The number of carbonyl (C=O) groups excluding carboxylic acids is 1. The Kier molecular flexibility index (Phi) is 3.80. The molecule has 2 saturated carbocycles. The van der Waals surface area contributed by atoms with Crippen LogP contribution >= 0.6 is 11.3 Å². The van der Waals surface area contributed by atoms with Gasteiger partial charge in [-0.3, -0.25) is 9.69 Å². The average molecular weight is 263 g/mol. The van der Waals surface area contributed by atoms with Crippen LogP contribution < -0.4 is 0 Å². The molecule has 3 heteroatoms. The highest BCUT2D eigenvalue weighted by molar-refractivity contribution is 7.07. The predicted octanol–water partition coefficient (Wildman–Crippen LogP) is 3.47. The molecular weight excluding hydrogens is 242 g/mol. The van der Waals surface area contributed by atoms with E-state index in [0.29, 0.717) is 11.7 Å². The maximum absolute atomic E-state index is 12.0. The molecule has 0 spiro atoms. The van der Waals surface area contributed by atoms with E-state index < -0.39 is 0 Å². The summed E-state index contributed by atoms with van der Waals surface area (Å²) in [6.45, 7) is 2.04. The normalized spacial score (nSPS) is 24.7. The molecule has 98 valence electrons. The van der Waals surface area contributed by atoms with Gasteiger partial charge in [0.2, 0.25) is 0 Å². The lowest BCUT2D eigenvalue weighted by Crippen LogP contribution is -2.35. The van der Waals surface area contributed by atoms with Gasteiger partial charge < -0.3 is 0 Å². The fraction of sp³-hybridized carbons (Fsp3) is 0.667. The molecule has 2 fully saturated rings. The van der Waals surface area contributed by atoms with E-state index in [2.05, 4.69) is 21.7 Å². The van der Waals surface area contributed by atoms with Crippen LogP contribution in [-0.2, 0) is 11.3 Å². The van der Waals surface area contributed by atoms with Crippen LogP contribution in [0.1, 0.15) is 44.1 Å². The standard InChI is InChI=1S/C15H21NOS/c17-15-4-2-1-3-13(15)10-16(14-5-6-14)9-12-7-8-18-11-12/h7-8,11,13-14H,1-6,9-10H2. The number of hydrogen-bond donors (Lipinski definition) is 0. The second-order valence-corrected chi connectivity index (χ2v) is 6.48. The maximum atomic E-state index is 12.0. The molecule has 0 aromatic carbocycles. The zero-order valence-corrected chi connectivity index (χ0v) is 11.6. The first-order valence-electron chi connectivity index (χ1n) is 7.11. The summed E-state index contributed by atoms with van der Waals surface area (Å²) in [5.41, 5.74) is 1.41. The van der Waals surface area contributed by atoms with E-state index in [0.717, 1.165) is 38.4 Å². The van der Waals surface area contributed by atoms with E-state index in [1.54, 1.807) is 11.3 Å². The van der Waals surface area contributed by atoms with Crippen LogP contribution in [0, 0.1) is 5.92 Å². The van der Waals surface area contributed by atoms with Gasteiger partial charge in [0.1, 0.15) is 5.78 Å². The van der Waals surface area contributed by atoms with Gasteiger partial charge in [-0.15, -0.1) is 0 Å². The van der Waals surface area contributed by atoms with Crippen molar-refractivity contribution in [1.29, 1.82) is 0 Å². The van der Waals surface area contributed by atoms with Crippen LogP contribution in [0.15, 0.2) is 16.8 Å². The average Bonchev–Trinajstić information content (AvgIpc) is 3.10. The largest absolute Gasteiger partial charge is 0.299 e. The number of nitrogens with zero attached hydrogens (tertiary/aromatic N) is 1. The van der Waals surface area contributed by atoms with Gasteiger partial charge in [-0.25, -0.2) is 0 Å². The minimum atomic E-state index is 0.318. The van der Waals surface area contributed by atoms with Crippen molar-refractivity contribution in [2.75, 3.05) is 6.54 Å². The molecule has 0 N–H and O–H groups in total. The zero-order chi connectivity index (χ0) is 12.4. The van der Waals surface area contributed by atoms with Crippen molar-refractivity contribution in [3.05, 3.63) is 22.4 Å². The molecule has 1 unspecified atom stereocenters. The van der Waals surface area contributed by atoms with Crippen molar-refractivity contribution in [2.45, 2.75) is 51.1 Å². The monoisotopic (exact) mass is 263 g/mol. The number of carbonyl (C=O) groups is 1. The molecule has 0 aliphatic heterocycles. The van der Waals surface area contributed by atoms with Gasteiger partial charge in [0.15, 0.2) is 0 Å². The number of thiophene rings is 1. The molecule has 1 atom stereocenters. The Morgan fingerprint density at radius 1 is 1.28 bits per heavy atom. The van der Waals surface area contributed by atoms with E-state index >= 15 is 0 Å². The maximum Gasteiger partial charge on any atom is 0.137 e. The Morgan fingerprint density at radius 3 is 2.83 bits per heavy atom. The van der Waals surface area contributed by atoms with E-state index in [-0.39, 0.29) is 0 Å².